The molecule has 0 radical (unpaired) electrons. The molecule has 1 atom stereocenters. The molecular formula is C18H20BrNO. The third-order valence-corrected chi connectivity index (χ3v) is 3.74. The molecule has 110 valence electrons. The van der Waals surface area contributed by atoms with Crippen LogP contribution < -0.4 is 0 Å². The highest BCUT2D eigenvalue weighted by Crippen LogP contribution is 2.31. The van der Waals surface area contributed by atoms with Crippen molar-refractivity contribution in [2.75, 3.05) is 20.6 Å². The van der Waals surface area contributed by atoms with E-state index in [-0.39, 0.29) is 0 Å². The van der Waals surface area contributed by atoms with Gasteiger partial charge in [0.25, 0.3) is 0 Å². The summed E-state index contributed by atoms with van der Waals surface area (Å²) in [6, 6.07) is 17.8. The fourth-order valence-corrected chi connectivity index (χ4v) is 2.57. The predicted octanol–water partition coefficient (Wildman–Crippen LogP) is 4.13. The topological polar surface area (TPSA) is 23.5 Å². The first-order valence-electron chi connectivity index (χ1n) is 6.91. The van der Waals surface area contributed by atoms with Crippen LogP contribution in [0.3, 0.4) is 0 Å². The van der Waals surface area contributed by atoms with E-state index >= 15 is 0 Å². The number of hydrogen-bond acceptors (Lipinski definition) is 2. The van der Waals surface area contributed by atoms with Crippen LogP contribution in [0.5, 0.6) is 0 Å². The van der Waals surface area contributed by atoms with Gasteiger partial charge in [-0.15, -0.1) is 0 Å². The summed E-state index contributed by atoms with van der Waals surface area (Å²) in [4.78, 5) is 2.08. The zero-order valence-corrected chi connectivity index (χ0v) is 13.9. The Kier molecular flexibility index (Phi) is 5.74. The van der Waals surface area contributed by atoms with Gasteiger partial charge in [0, 0.05) is 11.0 Å². The summed E-state index contributed by atoms with van der Waals surface area (Å²) >= 11 is 3.46. The molecule has 0 fully saturated rings. The molecule has 0 heterocycles. The number of nitrogens with zero attached hydrogens (tertiary/aromatic N) is 1. The Balaban J connectivity index is 2.37. The van der Waals surface area contributed by atoms with Crippen LogP contribution in [0.4, 0.5) is 0 Å². The van der Waals surface area contributed by atoms with E-state index in [9.17, 15) is 5.11 Å². The molecule has 1 N–H and O–H groups in total. The largest absolute Gasteiger partial charge is 0.384 e. The zero-order chi connectivity index (χ0) is 15.2. The Morgan fingerprint density at radius 1 is 1.14 bits per heavy atom. The van der Waals surface area contributed by atoms with Crippen LogP contribution in [0.1, 0.15) is 17.2 Å². The SMILES string of the molecule is CN(C)C/C=C(/c1ccccc1)C(O)c1cccc(Br)c1. The minimum atomic E-state index is -0.634. The molecule has 0 aliphatic rings. The summed E-state index contributed by atoms with van der Waals surface area (Å²) in [5, 5.41) is 10.8. The van der Waals surface area contributed by atoms with Gasteiger partial charge in [-0.1, -0.05) is 64.5 Å². The molecule has 0 saturated heterocycles. The fourth-order valence-electron chi connectivity index (χ4n) is 2.16. The van der Waals surface area contributed by atoms with E-state index in [1.165, 1.54) is 0 Å². The number of benzene rings is 2. The molecule has 2 aromatic carbocycles. The van der Waals surface area contributed by atoms with Crippen LogP contribution in [0.2, 0.25) is 0 Å². The van der Waals surface area contributed by atoms with Gasteiger partial charge in [0.1, 0.15) is 6.10 Å². The van der Waals surface area contributed by atoms with Gasteiger partial charge in [-0.25, -0.2) is 0 Å². The Morgan fingerprint density at radius 3 is 2.48 bits per heavy atom. The third kappa shape index (κ3) is 4.53. The summed E-state index contributed by atoms with van der Waals surface area (Å²) in [7, 11) is 4.04. The average Bonchev–Trinajstić information content (AvgIpc) is 2.48. The van der Waals surface area contributed by atoms with Gasteiger partial charge in [0.2, 0.25) is 0 Å². The quantitative estimate of drug-likeness (QED) is 0.880. The van der Waals surface area contributed by atoms with Gasteiger partial charge >= 0.3 is 0 Å². The van der Waals surface area contributed by atoms with E-state index in [0.717, 1.165) is 27.7 Å². The van der Waals surface area contributed by atoms with Gasteiger partial charge in [-0.05, 0) is 42.9 Å². The Bertz CT molecular complexity index is 608. The standard InChI is InChI=1S/C18H20BrNO/c1-20(2)12-11-17(14-7-4-3-5-8-14)18(21)15-9-6-10-16(19)13-15/h3-11,13,18,21H,12H2,1-2H3/b17-11-. The molecule has 2 nitrogen and oxygen atoms in total. The minimum Gasteiger partial charge on any atom is -0.384 e. The van der Waals surface area contributed by atoms with Gasteiger partial charge in [-0.2, -0.15) is 0 Å². The van der Waals surface area contributed by atoms with E-state index in [2.05, 4.69) is 26.9 Å². The highest BCUT2D eigenvalue weighted by molar-refractivity contribution is 9.10. The van der Waals surface area contributed by atoms with Gasteiger partial charge in [0.15, 0.2) is 0 Å². The van der Waals surface area contributed by atoms with E-state index in [0.29, 0.717) is 0 Å². The molecule has 0 saturated carbocycles. The number of rotatable bonds is 5. The lowest BCUT2D eigenvalue weighted by Gasteiger charge is -2.18. The molecule has 0 bridgehead atoms. The van der Waals surface area contributed by atoms with Crippen LogP contribution >= 0.6 is 15.9 Å². The maximum atomic E-state index is 10.8. The third-order valence-electron chi connectivity index (χ3n) is 3.24. The van der Waals surface area contributed by atoms with Crippen LogP contribution in [0.15, 0.2) is 65.1 Å². The second kappa shape index (κ2) is 7.55. The molecule has 1 unspecified atom stereocenters. The molecule has 3 heteroatoms. The molecule has 21 heavy (non-hydrogen) atoms. The second-order valence-electron chi connectivity index (χ2n) is 5.25. The highest BCUT2D eigenvalue weighted by Gasteiger charge is 2.15. The lowest BCUT2D eigenvalue weighted by molar-refractivity contribution is 0.237. The molecule has 2 aromatic rings. The first-order valence-corrected chi connectivity index (χ1v) is 7.71. The highest BCUT2D eigenvalue weighted by atomic mass is 79.9. The lowest BCUT2D eigenvalue weighted by atomic mass is 9.95. The first kappa shape index (κ1) is 16.0. The van der Waals surface area contributed by atoms with Crippen molar-refractivity contribution in [1.29, 1.82) is 0 Å². The van der Waals surface area contributed by atoms with Gasteiger partial charge < -0.3 is 10.0 Å². The molecule has 0 aliphatic heterocycles. The number of aliphatic hydroxyl groups is 1. The van der Waals surface area contributed by atoms with Crippen LogP contribution in [0, 0.1) is 0 Å². The van der Waals surface area contributed by atoms with Crippen molar-refractivity contribution < 1.29 is 5.11 Å². The molecule has 0 spiro atoms. The van der Waals surface area contributed by atoms with Crippen molar-refractivity contribution in [2.45, 2.75) is 6.10 Å². The molecule has 0 amide bonds. The predicted molar refractivity (Wildman–Crippen MR) is 92.1 cm³/mol. The number of likely N-dealkylation sites (N-methyl/N-ethyl adjacent to an activating group) is 1. The lowest BCUT2D eigenvalue weighted by Crippen LogP contribution is -2.12. The Hall–Kier alpha value is -1.42. The molecule has 0 aliphatic carbocycles. The van der Waals surface area contributed by atoms with Crippen molar-refractivity contribution in [2.24, 2.45) is 0 Å². The maximum Gasteiger partial charge on any atom is 0.104 e. The van der Waals surface area contributed by atoms with E-state index in [1.807, 2.05) is 68.7 Å². The smallest absolute Gasteiger partial charge is 0.104 e. The number of aliphatic hydroxyl groups excluding tert-OH is 1. The van der Waals surface area contributed by atoms with Crippen molar-refractivity contribution in [1.82, 2.24) is 4.90 Å². The molecule has 0 aromatic heterocycles. The molecule has 2 rings (SSSR count). The van der Waals surface area contributed by atoms with E-state index in [4.69, 9.17) is 0 Å². The Labute approximate surface area is 134 Å². The van der Waals surface area contributed by atoms with E-state index in [1.54, 1.807) is 0 Å². The monoisotopic (exact) mass is 345 g/mol. The minimum absolute atomic E-state index is 0.634. The van der Waals surface area contributed by atoms with Crippen LogP contribution in [-0.2, 0) is 0 Å². The van der Waals surface area contributed by atoms with Crippen molar-refractivity contribution in [3.63, 3.8) is 0 Å². The number of hydrogen-bond donors (Lipinski definition) is 1. The maximum absolute atomic E-state index is 10.8. The summed E-state index contributed by atoms with van der Waals surface area (Å²) in [5.74, 6) is 0. The summed E-state index contributed by atoms with van der Waals surface area (Å²) < 4.78 is 0.971. The van der Waals surface area contributed by atoms with Gasteiger partial charge in [0.05, 0.1) is 0 Å². The zero-order valence-electron chi connectivity index (χ0n) is 12.3. The van der Waals surface area contributed by atoms with Crippen molar-refractivity contribution in [3.05, 3.63) is 76.3 Å². The molecular weight excluding hydrogens is 326 g/mol. The van der Waals surface area contributed by atoms with Gasteiger partial charge in [-0.3, -0.25) is 0 Å². The second-order valence-corrected chi connectivity index (χ2v) is 6.16. The van der Waals surface area contributed by atoms with E-state index < -0.39 is 6.10 Å². The fraction of sp³-hybridized carbons (Fsp3) is 0.222. The van der Waals surface area contributed by atoms with Crippen LogP contribution in [-0.4, -0.2) is 30.6 Å². The normalized spacial score (nSPS) is 13.5. The number of halogens is 1. The summed E-state index contributed by atoms with van der Waals surface area (Å²) in [6.45, 7) is 0.787. The average molecular weight is 346 g/mol. The Morgan fingerprint density at radius 2 is 1.86 bits per heavy atom. The summed E-state index contributed by atoms with van der Waals surface area (Å²) in [6.07, 6.45) is 1.45. The summed E-state index contributed by atoms with van der Waals surface area (Å²) in [5.41, 5.74) is 2.87. The van der Waals surface area contributed by atoms with Crippen LogP contribution in [0.25, 0.3) is 5.57 Å². The van der Waals surface area contributed by atoms with Crippen molar-refractivity contribution >= 4 is 21.5 Å². The first-order chi connectivity index (χ1) is 10.1. The van der Waals surface area contributed by atoms with Crippen molar-refractivity contribution in [3.8, 4) is 0 Å².